The number of benzene rings is 1. The maximum atomic E-state index is 13.2. The summed E-state index contributed by atoms with van der Waals surface area (Å²) >= 11 is 0. The molecule has 0 N–H and O–H groups in total. The van der Waals surface area contributed by atoms with Gasteiger partial charge < -0.3 is 9.47 Å². The molecule has 1 aliphatic heterocycles. The van der Waals surface area contributed by atoms with Crippen LogP contribution >= 0.6 is 0 Å². The monoisotopic (exact) mass is 337 g/mol. The average molecular weight is 337 g/mol. The van der Waals surface area contributed by atoms with Crippen molar-refractivity contribution in [2.75, 3.05) is 13.1 Å². The van der Waals surface area contributed by atoms with E-state index in [1.165, 1.54) is 0 Å². The fourth-order valence-corrected chi connectivity index (χ4v) is 3.90. The maximum absolute atomic E-state index is 13.2. The molecule has 6 nitrogen and oxygen atoms in total. The third-order valence-electron chi connectivity index (χ3n) is 5.06. The topological polar surface area (TPSA) is 56.0 Å². The molecule has 1 amide bonds. The number of aromatic nitrogens is 4. The van der Waals surface area contributed by atoms with Gasteiger partial charge in [-0.25, -0.2) is 9.67 Å². The third kappa shape index (κ3) is 2.71. The van der Waals surface area contributed by atoms with Crippen molar-refractivity contribution < 1.29 is 4.79 Å². The highest BCUT2D eigenvalue weighted by atomic mass is 16.2. The summed E-state index contributed by atoms with van der Waals surface area (Å²) in [5.74, 6) is 1.81. The Morgan fingerprint density at radius 2 is 2.04 bits per heavy atom. The molecule has 1 fully saturated rings. The zero-order chi connectivity index (χ0) is 17.6. The lowest BCUT2D eigenvalue weighted by molar-refractivity contribution is 0.0673. The van der Waals surface area contributed by atoms with Crippen LogP contribution in [0.15, 0.2) is 30.5 Å². The van der Waals surface area contributed by atoms with Crippen LogP contribution in [-0.4, -0.2) is 43.2 Å². The van der Waals surface area contributed by atoms with Crippen LogP contribution in [0.25, 0.3) is 10.9 Å². The lowest BCUT2D eigenvalue weighted by Gasteiger charge is -2.33. The predicted octanol–water partition coefficient (Wildman–Crippen LogP) is 2.86. The van der Waals surface area contributed by atoms with Crippen LogP contribution in [0.3, 0.4) is 0 Å². The Morgan fingerprint density at radius 3 is 2.80 bits per heavy atom. The van der Waals surface area contributed by atoms with Gasteiger partial charge in [0.15, 0.2) is 0 Å². The van der Waals surface area contributed by atoms with Gasteiger partial charge in [0.1, 0.15) is 11.6 Å². The van der Waals surface area contributed by atoms with Crippen LogP contribution in [0.1, 0.15) is 40.9 Å². The Morgan fingerprint density at radius 1 is 1.24 bits per heavy atom. The zero-order valence-corrected chi connectivity index (χ0v) is 14.9. The molecule has 0 bridgehead atoms. The minimum atomic E-state index is 0.107. The smallest absolute Gasteiger partial charge is 0.256 e. The highest BCUT2D eigenvalue weighted by molar-refractivity contribution is 6.07. The number of piperidine rings is 1. The second-order valence-electron chi connectivity index (χ2n) is 6.87. The number of hydrogen-bond acceptors (Lipinski definition) is 3. The number of fused-ring (bicyclic) bond motifs is 1. The molecule has 1 aromatic carbocycles. The van der Waals surface area contributed by atoms with Crippen molar-refractivity contribution >= 4 is 16.8 Å². The molecule has 0 spiro atoms. The van der Waals surface area contributed by atoms with Crippen LogP contribution in [-0.2, 0) is 7.05 Å². The molecule has 3 heterocycles. The number of likely N-dealkylation sites (tertiary alicyclic amines) is 1. The molecule has 4 rings (SSSR count). The van der Waals surface area contributed by atoms with Crippen LogP contribution < -0.4 is 0 Å². The van der Waals surface area contributed by atoms with Crippen molar-refractivity contribution in [3.05, 3.63) is 47.7 Å². The molecular weight excluding hydrogens is 314 g/mol. The SMILES string of the molecule is Cc1nc(C)n([C@H]2CCCN(C(=O)c3cn(C)c4ccccc34)C2)n1. The average Bonchev–Trinajstić information content (AvgIpc) is 3.14. The number of nitrogens with zero attached hydrogens (tertiary/aromatic N) is 5. The second kappa shape index (κ2) is 6.02. The van der Waals surface area contributed by atoms with Crippen molar-refractivity contribution in [1.29, 1.82) is 0 Å². The number of carbonyl (C=O) groups excluding carboxylic acids is 1. The first-order valence-electron chi connectivity index (χ1n) is 8.77. The molecule has 130 valence electrons. The number of para-hydroxylation sites is 1. The Kier molecular flexibility index (Phi) is 3.82. The van der Waals surface area contributed by atoms with Crippen molar-refractivity contribution in [3.63, 3.8) is 0 Å². The standard InChI is InChI=1S/C19H23N5O/c1-13-20-14(2)24(21-13)15-7-6-10-23(11-15)19(25)17-12-22(3)18-9-5-4-8-16(17)18/h4-5,8-9,12,15H,6-7,10-11H2,1-3H3/t15-/m0/s1. The van der Waals surface area contributed by atoms with Crippen LogP contribution in [0.4, 0.5) is 0 Å². The molecule has 0 radical (unpaired) electrons. The van der Waals surface area contributed by atoms with Crippen molar-refractivity contribution in [2.24, 2.45) is 7.05 Å². The van der Waals surface area contributed by atoms with E-state index < -0.39 is 0 Å². The molecule has 3 aromatic rings. The number of rotatable bonds is 2. The van der Waals surface area contributed by atoms with Gasteiger partial charge >= 0.3 is 0 Å². The Labute approximate surface area is 147 Å². The summed E-state index contributed by atoms with van der Waals surface area (Å²) in [6.07, 6.45) is 3.96. The van der Waals surface area contributed by atoms with E-state index in [2.05, 4.69) is 10.1 Å². The molecule has 2 aromatic heterocycles. The van der Waals surface area contributed by atoms with Crippen molar-refractivity contribution in [3.8, 4) is 0 Å². The molecule has 1 aliphatic rings. The third-order valence-corrected chi connectivity index (χ3v) is 5.06. The lowest BCUT2D eigenvalue weighted by Crippen LogP contribution is -2.41. The lowest BCUT2D eigenvalue weighted by atomic mass is 10.0. The first-order valence-corrected chi connectivity index (χ1v) is 8.77. The van der Waals surface area contributed by atoms with E-state index in [4.69, 9.17) is 0 Å². The van der Waals surface area contributed by atoms with Gasteiger partial charge in [-0.3, -0.25) is 4.79 Å². The summed E-state index contributed by atoms with van der Waals surface area (Å²) in [6.45, 7) is 5.37. The van der Waals surface area contributed by atoms with Gasteiger partial charge in [-0.15, -0.1) is 0 Å². The van der Waals surface area contributed by atoms with Gasteiger partial charge in [0.25, 0.3) is 5.91 Å². The Balaban J connectivity index is 1.62. The zero-order valence-electron chi connectivity index (χ0n) is 14.9. The van der Waals surface area contributed by atoms with Crippen LogP contribution in [0.2, 0.25) is 0 Å². The van der Waals surface area contributed by atoms with E-state index in [0.29, 0.717) is 6.54 Å². The fourth-order valence-electron chi connectivity index (χ4n) is 3.90. The molecule has 1 atom stereocenters. The van der Waals surface area contributed by atoms with E-state index in [-0.39, 0.29) is 11.9 Å². The van der Waals surface area contributed by atoms with Gasteiger partial charge in [-0.1, -0.05) is 18.2 Å². The minimum Gasteiger partial charge on any atom is -0.350 e. The van der Waals surface area contributed by atoms with E-state index in [1.54, 1.807) is 0 Å². The molecule has 6 heteroatoms. The van der Waals surface area contributed by atoms with Gasteiger partial charge in [0.2, 0.25) is 0 Å². The normalized spacial score (nSPS) is 18.0. The summed E-state index contributed by atoms with van der Waals surface area (Å²) in [6, 6.07) is 8.26. The first kappa shape index (κ1) is 15.9. The predicted molar refractivity (Wildman–Crippen MR) is 96.6 cm³/mol. The molecule has 1 saturated heterocycles. The van der Waals surface area contributed by atoms with E-state index in [0.717, 1.165) is 47.5 Å². The number of aryl methyl sites for hydroxylation is 3. The van der Waals surface area contributed by atoms with Gasteiger partial charge in [-0.2, -0.15) is 5.10 Å². The second-order valence-corrected chi connectivity index (χ2v) is 6.87. The molecule has 0 saturated carbocycles. The number of carbonyl (C=O) groups is 1. The van der Waals surface area contributed by atoms with Gasteiger partial charge in [0.05, 0.1) is 11.6 Å². The first-order chi connectivity index (χ1) is 12.0. The van der Waals surface area contributed by atoms with E-state index >= 15 is 0 Å². The highest BCUT2D eigenvalue weighted by Gasteiger charge is 2.28. The number of amides is 1. The Hall–Kier alpha value is -2.63. The summed E-state index contributed by atoms with van der Waals surface area (Å²) in [7, 11) is 1.99. The summed E-state index contributed by atoms with van der Waals surface area (Å²) in [5.41, 5.74) is 1.87. The Bertz CT molecular complexity index is 939. The number of hydrogen-bond donors (Lipinski definition) is 0. The van der Waals surface area contributed by atoms with Gasteiger partial charge in [0, 0.05) is 37.2 Å². The fraction of sp³-hybridized carbons (Fsp3) is 0.421. The molecule has 25 heavy (non-hydrogen) atoms. The van der Waals surface area contributed by atoms with Crippen LogP contribution in [0.5, 0.6) is 0 Å². The van der Waals surface area contributed by atoms with Crippen molar-refractivity contribution in [1.82, 2.24) is 24.2 Å². The van der Waals surface area contributed by atoms with E-state index in [9.17, 15) is 4.79 Å². The quantitative estimate of drug-likeness (QED) is 0.722. The highest BCUT2D eigenvalue weighted by Crippen LogP contribution is 2.26. The molecule has 0 aliphatic carbocycles. The van der Waals surface area contributed by atoms with Crippen molar-refractivity contribution in [2.45, 2.75) is 32.7 Å². The summed E-state index contributed by atoms with van der Waals surface area (Å²) in [5, 5.41) is 5.54. The summed E-state index contributed by atoms with van der Waals surface area (Å²) in [4.78, 5) is 19.5. The molecule has 0 unspecified atom stereocenters. The molecular formula is C19H23N5O. The van der Waals surface area contributed by atoms with E-state index in [1.807, 2.05) is 65.5 Å². The van der Waals surface area contributed by atoms with Crippen LogP contribution in [0, 0.1) is 13.8 Å². The largest absolute Gasteiger partial charge is 0.350 e. The minimum absolute atomic E-state index is 0.107. The van der Waals surface area contributed by atoms with Gasteiger partial charge in [-0.05, 0) is 32.8 Å². The summed E-state index contributed by atoms with van der Waals surface area (Å²) < 4.78 is 4.01. The maximum Gasteiger partial charge on any atom is 0.256 e.